The fourth-order valence-corrected chi connectivity index (χ4v) is 2.93. The Morgan fingerprint density at radius 3 is 2.62 bits per heavy atom. The number of rotatable bonds is 2. The molecule has 0 bridgehead atoms. The fraction of sp³-hybridized carbons (Fsp3) is 0.294. The van der Waals surface area contributed by atoms with Gasteiger partial charge in [-0.15, -0.1) is 0 Å². The highest BCUT2D eigenvalue weighted by Gasteiger charge is 2.32. The Morgan fingerprint density at radius 1 is 1.10 bits per heavy atom. The number of hydrogen-bond donors (Lipinski definition) is 1. The molecule has 1 aliphatic rings. The van der Waals surface area contributed by atoms with Crippen LogP contribution in [0, 0.1) is 6.92 Å². The number of hydrogen-bond acceptors (Lipinski definition) is 1. The number of fused-ring (bicyclic) bond motifs is 1. The van der Waals surface area contributed by atoms with Crippen LogP contribution in [0.4, 0.5) is 18.9 Å². The molecule has 0 fully saturated rings. The Kier molecular flexibility index (Phi) is 3.40. The maximum absolute atomic E-state index is 13.0. The van der Waals surface area contributed by atoms with E-state index in [2.05, 4.69) is 11.4 Å². The molecule has 1 N–H and O–H groups in total. The van der Waals surface area contributed by atoms with Crippen molar-refractivity contribution in [1.29, 1.82) is 0 Å². The molecule has 1 nitrogen and oxygen atoms in total. The number of nitrogens with one attached hydrogen (secondary N) is 1. The topological polar surface area (TPSA) is 12.0 Å². The summed E-state index contributed by atoms with van der Waals surface area (Å²) in [5.41, 5.74) is 2.66. The summed E-state index contributed by atoms with van der Waals surface area (Å²) < 4.78 is 38.9. The maximum atomic E-state index is 13.0. The Hall–Kier alpha value is -1.97. The first kappa shape index (κ1) is 14.0. The number of halogens is 3. The predicted octanol–water partition coefficient (Wildman–Crippen LogP) is 5.11. The standard InChI is InChI=1S/C17H16F3N/c1-11-6-8-13(10-15(11)17(18,19)20)21-16-9-7-12-4-2-3-5-14(12)16/h2-6,8,10,16,21H,7,9H2,1H3. The van der Waals surface area contributed by atoms with Crippen molar-refractivity contribution < 1.29 is 13.2 Å². The van der Waals surface area contributed by atoms with Crippen LogP contribution in [0.2, 0.25) is 0 Å². The Bertz CT molecular complexity index is 661. The van der Waals surface area contributed by atoms with Gasteiger partial charge in [-0.3, -0.25) is 0 Å². The van der Waals surface area contributed by atoms with E-state index >= 15 is 0 Å². The van der Waals surface area contributed by atoms with Gasteiger partial charge in [0.15, 0.2) is 0 Å². The van der Waals surface area contributed by atoms with Crippen molar-refractivity contribution in [3.8, 4) is 0 Å². The van der Waals surface area contributed by atoms with E-state index in [1.807, 2.05) is 18.2 Å². The maximum Gasteiger partial charge on any atom is 0.416 e. The third-order valence-electron chi connectivity index (χ3n) is 4.02. The van der Waals surface area contributed by atoms with Crippen molar-refractivity contribution >= 4 is 5.69 Å². The van der Waals surface area contributed by atoms with Crippen molar-refractivity contribution in [2.24, 2.45) is 0 Å². The minimum atomic E-state index is -4.31. The Balaban J connectivity index is 1.87. The molecule has 0 saturated carbocycles. The molecule has 21 heavy (non-hydrogen) atoms. The van der Waals surface area contributed by atoms with Gasteiger partial charge < -0.3 is 5.32 Å². The normalized spacial score (nSPS) is 17.6. The smallest absolute Gasteiger partial charge is 0.378 e. The van der Waals surface area contributed by atoms with Crippen molar-refractivity contribution in [1.82, 2.24) is 0 Å². The Morgan fingerprint density at radius 2 is 1.86 bits per heavy atom. The van der Waals surface area contributed by atoms with Crippen LogP contribution in [0.5, 0.6) is 0 Å². The monoisotopic (exact) mass is 291 g/mol. The van der Waals surface area contributed by atoms with E-state index in [4.69, 9.17) is 0 Å². The van der Waals surface area contributed by atoms with Crippen molar-refractivity contribution in [2.45, 2.75) is 32.0 Å². The molecule has 3 rings (SSSR count). The fourth-order valence-electron chi connectivity index (χ4n) is 2.93. The van der Waals surface area contributed by atoms with Gasteiger partial charge in [-0.05, 0) is 48.6 Å². The second-order valence-corrected chi connectivity index (χ2v) is 5.46. The first-order valence-electron chi connectivity index (χ1n) is 6.97. The molecule has 0 spiro atoms. The van der Waals surface area contributed by atoms with Crippen molar-refractivity contribution in [3.05, 3.63) is 64.7 Å². The summed E-state index contributed by atoms with van der Waals surface area (Å²) in [5.74, 6) is 0. The summed E-state index contributed by atoms with van der Waals surface area (Å²) >= 11 is 0. The quantitative estimate of drug-likeness (QED) is 0.810. The average molecular weight is 291 g/mol. The average Bonchev–Trinajstić information content (AvgIpc) is 2.83. The lowest BCUT2D eigenvalue weighted by Gasteiger charge is -2.18. The van der Waals surface area contributed by atoms with E-state index in [9.17, 15) is 13.2 Å². The lowest BCUT2D eigenvalue weighted by molar-refractivity contribution is -0.138. The van der Waals surface area contributed by atoms with E-state index in [-0.39, 0.29) is 11.6 Å². The molecular weight excluding hydrogens is 275 g/mol. The van der Waals surface area contributed by atoms with Gasteiger partial charge in [0.05, 0.1) is 11.6 Å². The molecular formula is C17H16F3N. The zero-order chi connectivity index (χ0) is 15.0. The second kappa shape index (κ2) is 5.10. The summed E-state index contributed by atoms with van der Waals surface area (Å²) in [5, 5.41) is 3.24. The molecule has 0 radical (unpaired) electrons. The highest BCUT2D eigenvalue weighted by atomic mass is 19.4. The highest BCUT2D eigenvalue weighted by molar-refractivity contribution is 5.52. The summed E-state index contributed by atoms with van der Waals surface area (Å²) in [6.45, 7) is 1.48. The van der Waals surface area contributed by atoms with Crippen LogP contribution in [-0.4, -0.2) is 0 Å². The molecule has 2 aromatic carbocycles. The lowest BCUT2D eigenvalue weighted by Crippen LogP contribution is -2.11. The first-order valence-corrected chi connectivity index (χ1v) is 6.97. The van der Waals surface area contributed by atoms with Gasteiger partial charge >= 0.3 is 6.18 Å². The zero-order valence-electron chi connectivity index (χ0n) is 11.7. The van der Waals surface area contributed by atoms with Gasteiger partial charge in [0.2, 0.25) is 0 Å². The van der Waals surface area contributed by atoms with E-state index in [1.54, 1.807) is 6.07 Å². The number of alkyl halides is 3. The molecule has 0 amide bonds. The van der Waals surface area contributed by atoms with Crippen LogP contribution < -0.4 is 5.32 Å². The van der Waals surface area contributed by atoms with Crippen LogP contribution in [0.1, 0.15) is 34.7 Å². The zero-order valence-corrected chi connectivity index (χ0v) is 11.7. The highest BCUT2D eigenvalue weighted by Crippen LogP contribution is 2.37. The molecule has 0 heterocycles. The minimum absolute atomic E-state index is 0.0880. The third kappa shape index (κ3) is 2.75. The van der Waals surface area contributed by atoms with E-state index in [0.29, 0.717) is 5.69 Å². The van der Waals surface area contributed by atoms with Crippen LogP contribution >= 0.6 is 0 Å². The van der Waals surface area contributed by atoms with Crippen LogP contribution in [0.15, 0.2) is 42.5 Å². The molecule has 0 saturated heterocycles. The van der Waals surface area contributed by atoms with Crippen molar-refractivity contribution in [3.63, 3.8) is 0 Å². The minimum Gasteiger partial charge on any atom is -0.378 e. The number of aryl methyl sites for hydroxylation is 2. The van der Waals surface area contributed by atoms with Crippen LogP contribution in [0.3, 0.4) is 0 Å². The van der Waals surface area contributed by atoms with E-state index in [1.165, 1.54) is 30.2 Å². The van der Waals surface area contributed by atoms with E-state index in [0.717, 1.165) is 12.8 Å². The molecule has 0 aliphatic heterocycles. The summed E-state index contributed by atoms with van der Waals surface area (Å²) in [4.78, 5) is 0. The predicted molar refractivity (Wildman–Crippen MR) is 77.3 cm³/mol. The number of benzene rings is 2. The molecule has 2 aromatic rings. The summed E-state index contributed by atoms with van der Waals surface area (Å²) in [7, 11) is 0. The van der Waals surface area contributed by atoms with Gasteiger partial charge in [0.25, 0.3) is 0 Å². The molecule has 1 unspecified atom stereocenters. The SMILES string of the molecule is Cc1ccc(NC2CCc3ccccc32)cc1C(F)(F)F. The largest absolute Gasteiger partial charge is 0.416 e. The summed E-state index contributed by atoms with van der Waals surface area (Å²) in [6, 6.07) is 12.6. The van der Waals surface area contributed by atoms with Gasteiger partial charge in [0.1, 0.15) is 0 Å². The molecule has 4 heteroatoms. The Labute approximate surface area is 121 Å². The molecule has 0 aromatic heterocycles. The molecule has 110 valence electrons. The number of anilines is 1. The van der Waals surface area contributed by atoms with Crippen LogP contribution in [-0.2, 0) is 12.6 Å². The van der Waals surface area contributed by atoms with Gasteiger partial charge in [-0.25, -0.2) is 0 Å². The van der Waals surface area contributed by atoms with Crippen molar-refractivity contribution in [2.75, 3.05) is 5.32 Å². The van der Waals surface area contributed by atoms with Gasteiger partial charge in [-0.2, -0.15) is 13.2 Å². The first-order chi connectivity index (χ1) is 9.95. The van der Waals surface area contributed by atoms with Crippen LogP contribution in [0.25, 0.3) is 0 Å². The molecule has 1 atom stereocenters. The van der Waals surface area contributed by atoms with E-state index < -0.39 is 11.7 Å². The second-order valence-electron chi connectivity index (χ2n) is 5.46. The third-order valence-corrected chi connectivity index (χ3v) is 4.02. The lowest BCUT2D eigenvalue weighted by atomic mass is 10.1. The molecule has 1 aliphatic carbocycles. The van der Waals surface area contributed by atoms with Gasteiger partial charge in [-0.1, -0.05) is 30.3 Å². The van der Waals surface area contributed by atoms with Gasteiger partial charge in [0, 0.05) is 5.69 Å². The summed E-state index contributed by atoms with van der Waals surface area (Å²) in [6.07, 6.45) is -2.43.